The fourth-order valence-electron chi connectivity index (χ4n) is 3.44. The number of pyridine rings is 1. The number of carbonyl (C=O) groups is 1. The van der Waals surface area contributed by atoms with Gasteiger partial charge in [0.2, 0.25) is 0 Å². The van der Waals surface area contributed by atoms with Gasteiger partial charge in [-0.25, -0.2) is 9.18 Å². The Labute approximate surface area is 199 Å². The number of methoxy groups -OCH3 is 1. The van der Waals surface area contributed by atoms with Crippen LogP contribution in [-0.2, 0) is 9.47 Å². The molecule has 0 aliphatic carbocycles. The maximum absolute atomic E-state index is 14.6. The molecular formula is C24H32FN3O4S. The minimum atomic E-state index is -0.322. The number of nitrogens with one attached hydrogen (secondary N) is 1. The van der Waals surface area contributed by atoms with E-state index in [9.17, 15) is 9.18 Å². The third kappa shape index (κ3) is 7.87. The van der Waals surface area contributed by atoms with Crippen LogP contribution in [0, 0.1) is 11.7 Å². The lowest BCUT2D eigenvalue weighted by atomic mass is 9.98. The molecule has 1 aromatic heterocycles. The van der Waals surface area contributed by atoms with Crippen LogP contribution in [0.15, 0.2) is 41.4 Å². The summed E-state index contributed by atoms with van der Waals surface area (Å²) in [5.74, 6) is 0.695. The van der Waals surface area contributed by atoms with Gasteiger partial charge < -0.3 is 19.1 Å². The van der Waals surface area contributed by atoms with E-state index in [4.69, 9.17) is 14.2 Å². The summed E-state index contributed by atoms with van der Waals surface area (Å²) < 4.78 is 33.8. The molecule has 1 aromatic carbocycles. The molecule has 1 aliphatic rings. The van der Waals surface area contributed by atoms with Crippen molar-refractivity contribution in [1.82, 2.24) is 14.6 Å². The Kier molecular flexibility index (Phi) is 9.77. The van der Waals surface area contributed by atoms with Crippen molar-refractivity contribution in [3.63, 3.8) is 0 Å². The molecule has 2 heterocycles. The fourth-order valence-corrected chi connectivity index (χ4v) is 4.09. The number of piperidine rings is 1. The van der Waals surface area contributed by atoms with E-state index < -0.39 is 0 Å². The molecule has 2 aromatic rings. The van der Waals surface area contributed by atoms with E-state index in [1.54, 1.807) is 30.3 Å². The largest absolute Gasteiger partial charge is 0.492 e. The van der Waals surface area contributed by atoms with E-state index in [1.165, 1.54) is 18.0 Å². The van der Waals surface area contributed by atoms with Crippen molar-refractivity contribution in [1.29, 1.82) is 0 Å². The van der Waals surface area contributed by atoms with Gasteiger partial charge in [-0.05, 0) is 74.9 Å². The summed E-state index contributed by atoms with van der Waals surface area (Å²) in [5, 5.41) is 0. The Morgan fingerprint density at radius 3 is 2.70 bits per heavy atom. The van der Waals surface area contributed by atoms with Crippen LogP contribution in [0.4, 0.5) is 9.18 Å². The second-order valence-electron chi connectivity index (χ2n) is 8.18. The van der Waals surface area contributed by atoms with Gasteiger partial charge in [-0.1, -0.05) is 0 Å². The molecule has 33 heavy (non-hydrogen) atoms. The lowest BCUT2D eigenvalue weighted by molar-refractivity contribution is 0.0608. The first kappa shape index (κ1) is 25.3. The first-order valence-electron chi connectivity index (χ1n) is 11.2. The molecular weight excluding hydrogens is 445 g/mol. The number of hydrogen-bond acceptors (Lipinski definition) is 7. The molecule has 0 saturated carbocycles. The number of rotatable bonds is 10. The number of halogens is 1. The highest BCUT2D eigenvalue weighted by atomic mass is 32.2. The Morgan fingerprint density at radius 1 is 1.27 bits per heavy atom. The van der Waals surface area contributed by atoms with Crippen molar-refractivity contribution in [3.05, 3.63) is 42.3 Å². The van der Waals surface area contributed by atoms with E-state index >= 15 is 0 Å². The minimum Gasteiger partial charge on any atom is -0.492 e. The standard InChI is InChI=1S/C24H32FN3O4S/c1-17(2)32-24(29)28-11-8-18(9-12-28)16-31-19-4-7-23(26-15-19)21-6-5-20(14-22(21)25)33-27-10-13-30-3/h4-7,14-15,17-18,27H,8-13,16H2,1-3H3. The van der Waals surface area contributed by atoms with Crippen LogP contribution in [0.2, 0.25) is 0 Å². The van der Waals surface area contributed by atoms with Gasteiger partial charge in [-0.3, -0.25) is 9.71 Å². The maximum Gasteiger partial charge on any atom is 0.410 e. The predicted octanol–water partition coefficient (Wildman–Crippen LogP) is 4.77. The zero-order valence-corrected chi connectivity index (χ0v) is 20.2. The monoisotopic (exact) mass is 477 g/mol. The lowest BCUT2D eigenvalue weighted by Gasteiger charge is -2.31. The number of likely N-dealkylation sites (tertiary alicyclic amines) is 1. The molecule has 0 spiro atoms. The Balaban J connectivity index is 1.46. The van der Waals surface area contributed by atoms with E-state index in [2.05, 4.69) is 9.71 Å². The molecule has 1 fully saturated rings. The molecule has 0 unspecified atom stereocenters. The van der Waals surface area contributed by atoms with Crippen molar-refractivity contribution in [2.75, 3.05) is 40.0 Å². The molecule has 0 radical (unpaired) electrons. The van der Waals surface area contributed by atoms with Crippen LogP contribution < -0.4 is 9.46 Å². The first-order valence-corrected chi connectivity index (χ1v) is 12.0. The number of aromatic nitrogens is 1. The number of nitrogens with zero attached hydrogens (tertiary/aromatic N) is 2. The molecule has 180 valence electrons. The van der Waals surface area contributed by atoms with Crippen LogP contribution in [-0.4, -0.2) is 62.0 Å². The molecule has 7 nitrogen and oxygen atoms in total. The summed E-state index contributed by atoms with van der Waals surface area (Å²) >= 11 is 1.37. The highest BCUT2D eigenvalue weighted by molar-refractivity contribution is 7.97. The van der Waals surface area contributed by atoms with Crippen molar-refractivity contribution in [3.8, 4) is 17.0 Å². The highest BCUT2D eigenvalue weighted by Crippen LogP contribution is 2.27. The lowest BCUT2D eigenvalue weighted by Crippen LogP contribution is -2.40. The van der Waals surface area contributed by atoms with Crippen LogP contribution in [0.5, 0.6) is 5.75 Å². The Bertz CT molecular complexity index is 890. The second-order valence-corrected chi connectivity index (χ2v) is 9.15. The molecule has 0 bridgehead atoms. The van der Waals surface area contributed by atoms with Gasteiger partial charge in [-0.2, -0.15) is 0 Å². The molecule has 1 aliphatic heterocycles. The summed E-state index contributed by atoms with van der Waals surface area (Å²) in [7, 11) is 1.64. The number of carbonyl (C=O) groups excluding carboxylic acids is 1. The first-order chi connectivity index (χ1) is 16.0. The SMILES string of the molecule is COCCNSc1ccc(-c2ccc(OCC3CCN(C(=O)OC(C)C)CC3)cn2)c(F)c1. The Hall–Kier alpha value is -2.36. The molecule has 1 amide bonds. The van der Waals surface area contributed by atoms with E-state index in [1.807, 2.05) is 26.0 Å². The predicted molar refractivity (Wildman–Crippen MR) is 127 cm³/mol. The third-order valence-electron chi connectivity index (χ3n) is 5.25. The molecule has 1 saturated heterocycles. The smallest absolute Gasteiger partial charge is 0.410 e. The summed E-state index contributed by atoms with van der Waals surface area (Å²) in [6.45, 7) is 6.88. The van der Waals surface area contributed by atoms with E-state index in [0.717, 1.165) is 17.7 Å². The van der Waals surface area contributed by atoms with Crippen LogP contribution in [0.3, 0.4) is 0 Å². The minimum absolute atomic E-state index is 0.109. The van der Waals surface area contributed by atoms with Crippen LogP contribution in [0.25, 0.3) is 11.3 Å². The average Bonchev–Trinajstić information content (AvgIpc) is 2.81. The van der Waals surface area contributed by atoms with E-state index in [-0.39, 0.29) is 18.0 Å². The zero-order valence-electron chi connectivity index (χ0n) is 19.4. The van der Waals surface area contributed by atoms with Crippen molar-refractivity contribution in [2.24, 2.45) is 5.92 Å². The van der Waals surface area contributed by atoms with Gasteiger partial charge in [0.15, 0.2) is 0 Å². The quantitative estimate of drug-likeness (QED) is 0.390. The van der Waals surface area contributed by atoms with Crippen LogP contribution >= 0.6 is 11.9 Å². The van der Waals surface area contributed by atoms with Gasteiger partial charge in [0.05, 0.1) is 31.2 Å². The topological polar surface area (TPSA) is 72.9 Å². The van der Waals surface area contributed by atoms with Crippen molar-refractivity contribution < 1.29 is 23.4 Å². The van der Waals surface area contributed by atoms with Gasteiger partial charge >= 0.3 is 6.09 Å². The second kappa shape index (κ2) is 12.8. The third-order valence-corrected chi connectivity index (χ3v) is 6.08. The van der Waals surface area contributed by atoms with Gasteiger partial charge in [0.1, 0.15) is 11.6 Å². The molecule has 1 N–H and O–H groups in total. The highest BCUT2D eigenvalue weighted by Gasteiger charge is 2.24. The van der Waals surface area contributed by atoms with Gasteiger partial charge in [-0.15, -0.1) is 0 Å². The average molecular weight is 478 g/mol. The normalized spacial score (nSPS) is 14.5. The molecule has 9 heteroatoms. The van der Waals surface area contributed by atoms with E-state index in [0.29, 0.717) is 55.8 Å². The molecule has 3 rings (SSSR count). The van der Waals surface area contributed by atoms with Gasteiger partial charge in [0, 0.05) is 37.2 Å². The number of ether oxygens (including phenoxy) is 3. The van der Waals surface area contributed by atoms with Gasteiger partial charge in [0.25, 0.3) is 0 Å². The number of hydrogen-bond donors (Lipinski definition) is 1. The van der Waals surface area contributed by atoms with Crippen molar-refractivity contribution in [2.45, 2.75) is 37.7 Å². The Morgan fingerprint density at radius 2 is 2.06 bits per heavy atom. The summed E-state index contributed by atoms with van der Waals surface area (Å²) in [5.41, 5.74) is 1.00. The summed E-state index contributed by atoms with van der Waals surface area (Å²) in [4.78, 5) is 18.9. The number of benzene rings is 1. The molecule has 0 atom stereocenters. The fraction of sp³-hybridized carbons (Fsp3) is 0.500. The maximum atomic E-state index is 14.6. The summed E-state index contributed by atoms with van der Waals surface area (Å²) in [6, 6.07) is 8.66. The van der Waals surface area contributed by atoms with Crippen LogP contribution in [0.1, 0.15) is 26.7 Å². The number of amides is 1. The zero-order chi connectivity index (χ0) is 23.6. The van der Waals surface area contributed by atoms with Crippen molar-refractivity contribution >= 4 is 18.0 Å². The summed E-state index contributed by atoms with van der Waals surface area (Å²) in [6.07, 6.45) is 3.01.